The molecule has 4 aromatic rings. The van der Waals surface area contributed by atoms with Crippen molar-refractivity contribution in [2.24, 2.45) is 0 Å². The van der Waals surface area contributed by atoms with E-state index in [0.717, 1.165) is 34.9 Å². The number of fused-ring (bicyclic) bond motifs is 1. The Labute approximate surface area is 203 Å². The molecule has 2 aromatic carbocycles. The molecule has 0 spiro atoms. The van der Waals surface area contributed by atoms with E-state index in [9.17, 15) is 10.2 Å². The van der Waals surface area contributed by atoms with Crippen LogP contribution in [0.2, 0.25) is 0 Å². The maximum atomic E-state index is 10.8. The molecule has 0 saturated heterocycles. The van der Waals surface area contributed by atoms with E-state index in [2.05, 4.69) is 45.3 Å². The fourth-order valence-electron chi connectivity index (χ4n) is 4.33. The van der Waals surface area contributed by atoms with Gasteiger partial charge in [0.15, 0.2) is 11.0 Å². The molecule has 7 nitrogen and oxygen atoms in total. The second-order valence-corrected chi connectivity index (χ2v) is 9.80. The van der Waals surface area contributed by atoms with E-state index in [1.165, 1.54) is 17.3 Å². The number of aromatic nitrogens is 4. The first-order valence-corrected chi connectivity index (χ1v) is 12.3. The molecular formula is C26H27N5O2S. The van der Waals surface area contributed by atoms with E-state index in [-0.39, 0.29) is 17.4 Å². The molecule has 1 aliphatic rings. The van der Waals surface area contributed by atoms with Crippen molar-refractivity contribution >= 4 is 17.4 Å². The van der Waals surface area contributed by atoms with E-state index < -0.39 is 0 Å². The largest absolute Gasteiger partial charge is 0.508 e. The van der Waals surface area contributed by atoms with E-state index in [0.29, 0.717) is 17.1 Å². The minimum Gasteiger partial charge on any atom is -0.508 e. The summed E-state index contributed by atoms with van der Waals surface area (Å²) in [5, 5.41) is 30.8. The number of likely N-dealkylation sites (N-methyl/N-ethyl adjacent to an activating group) is 1. The van der Waals surface area contributed by atoms with Crippen LogP contribution in [0.1, 0.15) is 36.5 Å². The molecule has 34 heavy (non-hydrogen) atoms. The van der Waals surface area contributed by atoms with E-state index in [4.69, 9.17) is 0 Å². The van der Waals surface area contributed by atoms with Gasteiger partial charge in [-0.1, -0.05) is 31.7 Å². The van der Waals surface area contributed by atoms with Gasteiger partial charge in [0.05, 0.1) is 11.3 Å². The third kappa shape index (κ3) is 4.09. The molecule has 0 radical (unpaired) electrons. The van der Waals surface area contributed by atoms with Crippen LogP contribution in [0.25, 0.3) is 17.1 Å². The van der Waals surface area contributed by atoms with Crippen LogP contribution in [0.15, 0.2) is 60.0 Å². The number of hydrogen-bond donors (Lipinski definition) is 2. The number of phenols is 2. The lowest BCUT2D eigenvalue weighted by atomic mass is 9.98. The minimum absolute atomic E-state index is 0.0275. The molecule has 174 valence electrons. The maximum Gasteiger partial charge on any atom is 0.196 e. The standard InChI is InChI=1S/C26H27N5O2S/c1-16(2)20-12-21(24(33)13-23(20)32)25-28-29-26(34-15-17-5-4-9-27-14-17)31(25)19-6-7-22-18(11-19)8-10-30(22)3/h4-7,9,11-14,16,32-33H,8,10,15H2,1-3H3. The van der Waals surface area contributed by atoms with Crippen molar-refractivity contribution in [1.29, 1.82) is 0 Å². The summed E-state index contributed by atoms with van der Waals surface area (Å²) in [4.78, 5) is 6.46. The Morgan fingerprint density at radius 2 is 1.91 bits per heavy atom. The van der Waals surface area contributed by atoms with Crippen molar-refractivity contribution in [2.45, 2.75) is 37.1 Å². The first-order valence-electron chi connectivity index (χ1n) is 11.3. The van der Waals surface area contributed by atoms with Gasteiger partial charge in [-0.05, 0) is 59.4 Å². The van der Waals surface area contributed by atoms with Crippen molar-refractivity contribution < 1.29 is 10.2 Å². The Bertz CT molecular complexity index is 1340. The average molecular weight is 474 g/mol. The highest BCUT2D eigenvalue weighted by molar-refractivity contribution is 7.98. The predicted molar refractivity (Wildman–Crippen MR) is 135 cm³/mol. The van der Waals surface area contributed by atoms with Crippen LogP contribution in [0.4, 0.5) is 5.69 Å². The van der Waals surface area contributed by atoms with Crippen molar-refractivity contribution in [3.05, 3.63) is 71.5 Å². The molecule has 0 amide bonds. The van der Waals surface area contributed by atoms with Gasteiger partial charge in [0.25, 0.3) is 0 Å². The van der Waals surface area contributed by atoms with Crippen LogP contribution in [-0.4, -0.2) is 43.6 Å². The van der Waals surface area contributed by atoms with Crippen molar-refractivity contribution in [3.63, 3.8) is 0 Å². The molecule has 2 aromatic heterocycles. The summed E-state index contributed by atoms with van der Waals surface area (Å²) in [6, 6.07) is 13.5. The van der Waals surface area contributed by atoms with Crippen LogP contribution in [0.3, 0.4) is 0 Å². The normalized spacial score (nSPS) is 13.0. The number of anilines is 1. The van der Waals surface area contributed by atoms with Gasteiger partial charge < -0.3 is 15.1 Å². The number of rotatable bonds is 6. The fraction of sp³-hybridized carbons (Fsp3) is 0.269. The van der Waals surface area contributed by atoms with Crippen LogP contribution < -0.4 is 4.90 Å². The number of pyridine rings is 1. The zero-order valence-corrected chi connectivity index (χ0v) is 20.3. The second-order valence-electron chi connectivity index (χ2n) is 8.86. The summed E-state index contributed by atoms with van der Waals surface area (Å²) in [5.74, 6) is 1.37. The van der Waals surface area contributed by atoms with Gasteiger partial charge in [0.2, 0.25) is 0 Å². The monoisotopic (exact) mass is 473 g/mol. The van der Waals surface area contributed by atoms with Crippen LogP contribution in [0, 0.1) is 0 Å². The van der Waals surface area contributed by atoms with E-state index >= 15 is 0 Å². The van der Waals surface area contributed by atoms with Crippen LogP contribution in [0.5, 0.6) is 11.5 Å². The third-order valence-corrected chi connectivity index (χ3v) is 7.18. The first-order chi connectivity index (χ1) is 16.4. The highest BCUT2D eigenvalue weighted by atomic mass is 32.2. The molecule has 0 aliphatic carbocycles. The van der Waals surface area contributed by atoms with Gasteiger partial charge in [0.1, 0.15) is 11.5 Å². The summed E-state index contributed by atoms with van der Waals surface area (Å²) in [6.45, 7) is 5.01. The van der Waals surface area contributed by atoms with Gasteiger partial charge >= 0.3 is 0 Å². The van der Waals surface area contributed by atoms with Crippen molar-refractivity contribution in [3.8, 4) is 28.6 Å². The predicted octanol–water partition coefficient (Wildman–Crippen LogP) is 5.15. The zero-order chi connectivity index (χ0) is 23.8. The molecule has 8 heteroatoms. The number of benzene rings is 2. The highest BCUT2D eigenvalue weighted by Crippen LogP contribution is 2.40. The maximum absolute atomic E-state index is 10.8. The first kappa shape index (κ1) is 22.3. The smallest absolute Gasteiger partial charge is 0.196 e. The molecule has 1 aliphatic heterocycles. The van der Waals surface area contributed by atoms with Gasteiger partial charge in [-0.25, -0.2) is 0 Å². The topological polar surface area (TPSA) is 87.3 Å². The summed E-state index contributed by atoms with van der Waals surface area (Å²) in [6.07, 6.45) is 4.59. The molecule has 0 saturated carbocycles. The Hall–Kier alpha value is -3.52. The molecule has 0 atom stereocenters. The van der Waals surface area contributed by atoms with Gasteiger partial charge in [-0.3, -0.25) is 9.55 Å². The summed E-state index contributed by atoms with van der Waals surface area (Å²) >= 11 is 1.57. The second kappa shape index (κ2) is 9.02. The average Bonchev–Trinajstić information content (AvgIpc) is 3.41. The quantitative estimate of drug-likeness (QED) is 0.375. The molecule has 3 heterocycles. The summed E-state index contributed by atoms with van der Waals surface area (Å²) < 4.78 is 2.00. The molecular weight excluding hydrogens is 446 g/mol. The summed E-state index contributed by atoms with van der Waals surface area (Å²) in [7, 11) is 2.10. The third-order valence-electron chi connectivity index (χ3n) is 6.18. The summed E-state index contributed by atoms with van der Waals surface area (Å²) in [5.41, 5.74) is 5.84. The number of thioether (sulfide) groups is 1. The Morgan fingerprint density at radius 1 is 1.06 bits per heavy atom. The van der Waals surface area contributed by atoms with Crippen LogP contribution >= 0.6 is 11.8 Å². The zero-order valence-electron chi connectivity index (χ0n) is 19.4. The van der Waals surface area contributed by atoms with E-state index in [1.54, 1.807) is 18.0 Å². The highest BCUT2D eigenvalue weighted by Gasteiger charge is 2.23. The van der Waals surface area contributed by atoms with Gasteiger partial charge in [-0.15, -0.1) is 10.2 Å². The number of hydrogen-bond acceptors (Lipinski definition) is 7. The minimum atomic E-state index is -0.0275. The SMILES string of the molecule is CC(C)c1cc(-c2nnc(SCc3cccnc3)n2-c2ccc3c(c2)CCN3C)c(O)cc1O. The molecule has 0 unspecified atom stereocenters. The lowest BCUT2D eigenvalue weighted by Gasteiger charge is -2.16. The van der Waals surface area contributed by atoms with E-state index in [1.807, 2.05) is 42.8 Å². The Morgan fingerprint density at radius 3 is 2.68 bits per heavy atom. The molecule has 0 bridgehead atoms. The fourth-order valence-corrected chi connectivity index (χ4v) is 5.22. The van der Waals surface area contributed by atoms with Crippen LogP contribution in [-0.2, 0) is 12.2 Å². The van der Waals surface area contributed by atoms with Crippen molar-refractivity contribution in [1.82, 2.24) is 19.7 Å². The van der Waals surface area contributed by atoms with Crippen molar-refractivity contribution in [2.75, 3.05) is 18.5 Å². The Kier molecular flexibility index (Phi) is 5.91. The Balaban J connectivity index is 1.63. The van der Waals surface area contributed by atoms with Gasteiger partial charge in [0, 0.05) is 43.5 Å². The molecule has 2 N–H and O–H groups in total. The number of nitrogens with zero attached hydrogens (tertiary/aromatic N) is 5. The lowest BCUT2D eigenvalue weighted by molar-refractivity contribution is 0.444. The molecule has 0 fully saturated rings. The molecule has 5 rings (SSSR count). The van der Waals surface area contributed by atoms with Gasteiger partial charge in [-0.2, -0.15) is 0 Å². The lowest BCUT2D eigenvalue weighted by Crippen LogP contribution is -2.12. The number of aromatic hydroxyl groups is 2. The number of phenolic OH excluding ortho intramolecular Hbond substituents is 2.